The van der Waals surface area contributed by atoms with E-state index in [4.69, 9.17) is 5.26 Å². The molecule has 0 saturated carbocycles. The SMILES string of the molecule is CC(F)C(=O)N1CCNC[C@@H]1CC#N. The van der Waals surface area contributed by atoms with Crippen LogP contribution in [0.15, 0.2) is 0 Å². The topological polar surface area (TPSA) is 56.1 Å². The van der Waals surface area contributed by atoms with Crippen molar-refractivity contribution in [1.29, 1.82) is 5.26 Å². The van der Waals surface area contributed by atoms with Crippen molar-refractivity contribution in [1.82, 2.24) is 10.2 Å². The first-order valence-corrected chi connectivity index (χ1v) is 4.69. The van der Waals surface area contributed by atoms with Gasteiger partial charge in [0.25, 0.3) is 5.91 Å². The van der Waals surface area contributed by atoms with Gasteiger partial charge in [-0.05, 0) is 6.92 Å². The van der Waals surface area contributed by atoms with E-state index in [1.54, 1.807) is 0 Å². The molecule has 1 aliphatic rings. The lowest BCUT2D eigenvalue weighted by Gasteiger charge is -2.35. The largest absolute Gasteiger partial charge is 0.334 e. The highest BCUT2D eigenvalue weighted by Crippen LogP contribution is 2.10. The molecule has 2 atom stereocenters. The molecule has 0 spiro atoms. The molecule has 1 rings (SSSR count). The number of nitrogens with zero attached hydrogens (tertiary/aromatic N) is 2. The monoisotopic (exact) mass is 199 g/mol. The van der Waals surface area contributed by atoms with Crippen LogP contribution >= 0.6 is 0 Å². The molecule has 0 bridgehead atoms. The first-order chi connectivity index (χ1) is 6.66. The molecular formula is C9H14FN3O. The van der Waals surface area contributed by atoms with E-state index >= 15 is 0 Å². The maximum atomic E-state index is 12.8. The molecule has 0 aromatic carbocycles. The van der Waals surface area contributed by atoms with Crippen molar-refractivity contribution < 1.29 is 9.18 Å². The number of alkyl halides is 1. The van der Waals surface area contributed by atoms with Crippen LogP contribution in [0.2, 0.25) is 0 Å². The molecule has 5 heteroatoms. The van der Waals surface area contributed by atoms with Gasteiger partial charge >= 0.3 is 0 Å². The number of hydrogen-bond donors (Lipinski definition) is 1. The predicted molar refractivity (Wildman–Crippen MR) is 49.2 cm³/mol. The molecule has 1 N–H and O–H groups in total. The van der Waals surface area contributed by atoms with E-state index < -0.39 is 12.1 Å². The highest BCUT2D eigenvalue weighted by Gasteiger charge is 2.29. The molecule has 1 heterocycles. The number of halogens is 1. The van der Waals surface area contributed by atoms with Crippen LogP contribution in [0.3, 0.4) is 0 Å². The van der Waals surface area contributed by atoms with Gasteiger partial charge in [-0.3, -0.25) is 4.79 Å². The number of rotatable bonds is 2. The number of nitriles is 1. The number of carbonyl (C=O) groups is 1. The zero-order valence-corrected chi connectivity index (χ0v) is 8.16. The van der Waals surface area contributed by atoms with Gasteiger partial charge in [-0.15, -0.1) is 0 Å². The Labute approximate surface area is 82.7 Å². The molecule has 78 valence electrons. The van der Waals surface area contributed by atoms with Gasteiger partial charge in [0.15, 0.2) is 6.17 Å². The maximum absolute atomic E-state index is 12.8. The van der Waals surface area contributed by atoms with E-state index in [-0.39, 0.29) is 12.5 Å². The van der Waals surface area contributed by atoms with E-state index in [9.17, 15) is 9.18 Å². The van der Waals surface area contributed by atoms with Crippen molar-refractivity contribution in [2.75, 3.05) is 19.6 Å². The molecule has 1 fully saturated rings. The van der Waals surface area contributed by atoms with Crippen LogP contribution in [0.4, 0.5) is 4.39 Å². The Hall–Kier alpha value is -1.15. The number of piperazine rings is 1. The van der Waals surface area contributed by atoms with Crippen LogP contribution in [0, 0.1) is 11.3 Å². The first kappa shape index (κ1) is 10.9. The molecular weight excluding hydrogens is 185 g/mol. The summed E-state index contributed by atoms with van der Waals surface area (Å²) in [5, 5.41) is 11.6. The fourth-order valence-corrected chi connectivity index (χ4v) is 1.57. The molecule has 1 amide bonds. The Bertz CT molecular complexity index is 249. The normalized spacial score (nSPS) is 24.1. The molecule has 0 aromatic heterocycles. The summed E-state index contributed by atoms with van der Waals surface area (Å²) < 4.78 is 12.8. The Kier molecular flexibility index (Phi) is 3.84. The Morgan fingerprint density at radius 3 is 3.14 bits per heavy atom. The minimum Gasteiger partial charge on any atom is -0.334 e. The van der Waals surface area contributed by atoms with Gasteiger partial charge in [-0.25, -0.2) is 4.39 Å². The van der Waals surface area contributed by atoms with Crippen molar-refractivity contribution in [2.45, 2.75) is 25.6 Å². The second kappa shape index (κ2) is 4.91. The summed E-state index contributed by atoms with van der Waals surface area (Å²) in [6.07, 6.45) is -1.22. The smallest absolute Gasteiger partial charge is 0.257 e. The van der Waals surface area contributed by atoms with Gasteiger partial charge in [0.1, 0.15) is 0 Å². The molecule has 14 heavy (non-hydrogen) atoms. The average molecular weight is 199 g/mol. The molecule has 0 radical (unpaired) electrons. The van der Waals surface area contributed by atoms with Gasteiger partial charge in [0.2, 0.25) is 0 Å². The third-order valence-electron chi connectivity index (χ3n) is 2.30. The van der Waals surface area contributed by atoms with Crippen molar-refractivity contribution in [3.63, 3.8) is 0 Å². The van der Waals surface area contributed by atoms with Gasteiger partial charge < -0.3 is 10.2 Å². The standard InChI is InChI=1S/C9H14FN3O/c1-7(10)9(14)13-5-4-12-6-8(13)2-3-11/h7-8,12H,2,4-6H2,1H3/t7?,8-/m0/s1. The predicted octanol–water partition coefficient (Wildman–Crippen LogP) is 0.0585. The van der Waals surface area contributed by atoms with E-state index in [1.165, 1.54) is 11.8 Å². The van der Waals surface area contributed by atoms with Crippen LogP contribution in [-0.4, -0.2) is 42.7 Å². The lowest BCUT2D eigenvalue weighted by atomic mass is 10.1. The lowest BCUT2D eigenvalue weighted by Crippen LogP contribution is -2.55. The molecule has 1 aliphatic heterocycles. The van der Waals surface area contributed by atoms with Crippen LogP contribution in [0.1, 0.15) is 13.3 Å². The first-order valence-electron chi connectivity index (χ1n) is 4.69. The second-order valence-corrected chi connectivity index (χ2v) is 3.37. The van der Waals surface area contributed by atoms with Crippen LogP contribution in [0.25, 0.3) is 0 Å². The number of hydrogen-bond acceptors (Lipinski definition) is 3. The Morgan fingerprint density at radius 2 is 2.57 bits per heavy atom. The third kappa shape index (κ3) is 2.42. The van der Waals surface area contributed by atoms with E-state index in [0.29, 0.717) is 19.6 Å². The molecule has 1 saturated heterocycles. The van der Waals surface area contributed by atoms with Crippen LogP contribution in [-0.2, 0) is 4.79 Å². The summed E-state index contributed by atoms with van der Waals surface area (Å²) in [6, 6.07) is 1.82. The van der Waals surface area contributed by atoms with Gasteiger partial charge in [0, 0.05) is 19.6 Å². The van der Waals surface area contributed by atoms with Crippen molar-refractivity contribution >= 4 is 5.91 Å². The van der Waals surface area contributed by atoms with Gasteiger partial charge in [-0.1, -0.05) is 0 Å². The number of carbonyl (C=O) groups excluding carboxylic acids is 1. The maximum Gasteiger partial charge on any atom is 0.257 e. The molecule has 0 aromatic rings. The fraction of sp³-hybridized carbons (Fsp3) is 0.778. The highest BCUT2D eigenvalue weighted by atomic mass is 19.1. The van der Waals surface area contributed by atoms with Crippen LogP contribution in [0.5, 0.6) is 0 Å². The van der Waals surface area contributed by atoms with Crippen molar-refractivity contribution in [3.05, 3.63) is 0 Å². The summed E-state index contributed by atoms with van der Waals surface area (Å²) >= 11 is 0. The third-order valence-corrected chi connectivity index (χ3v) is 2.30. The second-order valence-electron chi connectivity index (χ2n) is 3.37. The summed E-state index contributed by atoms with van der Waals surface area (Å²) in [4.78, 5) is 12.9. The quantitative estimate of drug-likeness (QED) is 0.684. The van der Waals surface area contributed by atoms with E-state index in [2.05, 4.69) is 5.32 Å². The number of nitrogens with one attached hydrogen (secondary N) is 1. The summed E-state index contributed by atoms with van der Waals surface area (Å²) in [5.74, 6) is -0.508. The van der Waals surface area contributed by atoms with E-state index in [0.717, 1.165) is 0 Å². The molecule has 0 aliphatic carbocycles. The Balaban J connectivity index is 2.63. The average Bonchev–Trinajstić information content (AvgIpc) is 2.18. The highest BCUT2D eigenvalue weighted by molar-refractivity contribution is 5.80. The zero-order valence-electron chi connectivity index (χ0n) is 8.16. The van der Waals surface area contributed by atoms with Gasteiger partial charge in [0.05, 0.1) is 18.5 Å². The summed E-state index contributed by atoms with van der Waals surface area (Å²) in [6.45, 7) is 2.96. The fourth-order valence-electron chi connectivity index (χ4n) is 1.57. The van der Waals surface area contributed by atoms with Gasteiger partial charge in [-0.2, -0.15) is 5.26 Å². The lowest BCUT2D eigenvalue weighted by molar-refractivity contribution is -0.139. The molecule has 4 nitrogen and oxygen atoms in total. The molecule has 1 unspecified atom stereocenters. The minimum absolute atomic E-state index is 0.181. The minimum atomic E-state index is -1.48. The summed E-state index contributed by atoms with van der Waals surface area (Å²) in [5.41, 5.74) is 0. The van der Waals surface area contributed by atoms with Crippen molar-refractivity contribution in [3.8, 4) is 6.07 Å². The number of amides is 1. The van der Waals surface area contributed by atoms with E-state index in [1.807, 2.05) is 6.07 Å². The van der Waals surface area contributed by atoms with Crippen molar-refractivity contribution in [2.24, 2.45) is 0 Å². The Morgan fingerprint density at radius 1 is 1.86 bits per heavy atom. The summed E-state index contributed by atoms with van der Waals surface area (Å²) in [7, 11) is 0. The van der Waals surface area contributed by atoms with Crippen LogP contribution < -0.4 is 5.32 Å². The zero-order chi connectivity index (χ0) is 10.6.